The van der Waals surface area contributed by atoms with Crippen molar-refractivity contribution in [3.8, 4) is 11.5 Å². The molecule has 2 aromatic carbocycles. The number of anilines is 1. The van der Waals surface area contributed by atoms with Crippen LogP contribution in [0.25, 0.3) is 6.08 Å². The standard InChI is InChI=1S/C22H22ClN3O3/c1-15-18(22(23)26(25-15)14-16-7-5-4-6-8-16)10-12-21(27)24-19-11-9-17(28-2)13-20(19)29-3/h4-13H,14H2,1-3H3,(H,24,27)/b12-10+. The van der Waals surface area contributed by atoms with Crippen molar-refractivity contribution in [1.82, 2.24) is 9.78 Å². The fraction of sp³-hybridized carbons (Fsp3) is 0.182. The van der Waals surface area contributed by atoms with Crippen molar-refractivity contribution in [3.63, 3.8) is 0 Å². The number of carbonyl (C=O) groups is 1. The lowest BCUT2D eigenvalue weighted by molar-refractivity contribution is -0.111. The van der Waals surface area contributed by atoms with Crippen LogP contribution in [-0.2, 0) is 11.3 Å². The van der Waals surface area contributed by atoms with Gasteiger partial charge in [0, 0.05) is 17.7 Å². The highest BCUT2D eigenvalue weighted by atomic mass is 35.5. The largest absolute Gasteiger partial charge is 0.497 e. The minimum absolute atomic E-state index is 0.306. The molecule has 0 bridgehead atoms. The van der Waals surface area contributed by atoms with Crippen molar-refractivity contribution in [2.75, 3.05) is 19.5 Å². The van der Waals surface area contributed by atoms with E-state index < -0.39 is 0 Å². The van der Waals surface area contributed by atoms with E-state index in [2.05, 4.69) is 10.4 Å². The third-order valence-electron chi connectivity index (χ3n) is 4.35. The molecule has 1 amide bonds. The number of aromatic nitrogens is 2. The number of amides is 1. The third-order valence-corrected chi connectivity index (χ3v) is 4.75. The van der Waals surface area contributed by atoms with Crippen LogP contribution >= 0.6 is 11.6 Å². The molecule has 1 heterocycles. The Bertz CT molecular complexity index is 1030. The zero-order valence-electron chi connectivity index (χ0n) is 16.5. The van der Waals surface area contributed by atoms with E-state index in [0.29, 0.717) is 34.4 Å². The summed E-state index contributed by atoms with van der Waals surface area (Å²) in [7, 11) is 3.10. The summed E-state index contributed by atoms with van der Waals surface area (Å²) < 4.78 is 12.2. The van der Waals surface area contributed by atoms with Crippen molar-refractivity contribution in [2.24, 2.45) is 0 Å². The first kappa shape index (κ1) is 20.5. The normalized spacial score (nSPS) is 10.9. The van der Waals surface area contributed by atoms with Gasteiger partial charge in [-0.15, -0.1) is 0 Å². The van der Waals surface area contributed by atoms with Gasteiger partial charge in [-0.2, -0.15) is 5.10 Å². The number of carbonyl (C=O) groups excluding carboxylic acids is 1. The molecule has 1 aromatic heterocycles. The van der Waals surface area contributed by atoms with Crippen molar-refractivity contribution in [2.45, 2.75) is 13.5 Å². The summed E-state index contributed by atoms with van der Waals surface area (Å²) in [6.07, 6.45) is 3.09. The van der Waals surface area contributed by atoms with Gasteiger partial charge in [-0.05, 0) is 30.7 Å². The molecule has 0 atom stereocenters. The molecular formula is C22H22ClN3O3. The van der Waals surface area contributed by atoms with Crippen LogP contribution in [0.2, 0.25) is 5.15 Å². The zero-order valence-corrected chi connectivity index (χ0v) is 17.2. The number of ether oxygens (including phenoxy) is 2. The van der Waals surface area contributed by atoms with Gasteiger partial charge in [-0.1, -0.05) is 41.9 Å². The van der Waals surface area contributed by atoms with Gasteiger partial charge in [0.2, 0.25) is 5.91 Å². The van der Waals surface area contributed by atoms with Gasteiger partial charge < -0.3 is 14.8 Å². The summed E-state index contributed by atoms with van der Waals surface area (Å²) in [6.45, 7) is 2.42. The Morgan fingerprint density at radius 3 is 2.62 bits per heavy atom. The Morgan fingerprint density at radius 1 is 1.17 bits per heavy atom. The van der Waals surface area contributed by atoms with E-state index in [1.54, 1.807) is 36.1 Å². The molecule has 0 aliphatic carbocycles. The van der Waals surface area contributed by atoms with E-state index in [4.69, 9.17) is 21.1 Å². The average molecular weight is 412 g/mol. The van der Waals surface area contributed by atoms with Crippen LogP contribution in [0.1, 0.15) is 16.8 Å². The number of hydrogen-bond acceptors (Lipinski definition) is 4. The zero-order chi connectivity index (χ0) is 20.8. The number of nitrogens with one attached hydrogen (secondary N) is 1. The Balaban J connectivity index is 1.74. The van der Waals surface area contributed by atoms with Crippen LogP contribution in [-0.4, -0.2) is 29.9 Å². The van der Waals surface area contributed by atoms with E-state index in [1.165, 1.54) is 13.2 Å². The summed E-state index contributed by atoms with van der Waals surface area (Å²) in [6, 6.07) is 15.1. The summed E-state index contributed by atoms with van der Waals surface area (Å²) in [4.78, 5) is 12.4. The second kappa shape index (κ2) is 9.30. The Morgan fingerprint density at radius 2 is 1.93 bits per heavy atom. The molecule has 7 heteroatoms. The minimum atomic E-state index is -0.306. The second-order valence-electron chi connectivity index (χ2n) is 6.32. The second-order valence-corrected chi connectivity index (χ2v) is 6.68. The molecule has 0 aliphatic rings. The van der Waals surface area contributed by atoms with Crippen LogP contribution in [0.5, 0.6) is 11.5 Å². The number of methoxy groups -OCH3 is 2. The lowest BCUT2D eigenvalue weighted by Crippen LogP contribution is -2.09. The van der Waals surface area contributed by atoms with Gasteiger partial charge in [0.15, 0.2) is 0 Å². The highest BCUT2D eigenvalue weighted by molar-refractivity contribution is 6.31. The first-order valence-corrected chi connectivity index (χ1v) is 9.37. The number of nitrogens with zero attached hydrogens (tertiary/aromatic N) is 2. The molecule has 1 N–H and O–H groups in total. The van der Waals surface area contributed by atoms with Crippen LogP contribution in [0, 0.1) is 6.92 Å². The quantitative estimate of drug-likeness (QED) is 0.579. The van der Waals surface area contributed by atoms with E-state index in [-0.39, 0.29) is 5.91 Å². The topological polar surface area (TPSA) is 65.4 Å². The van der Waals surface area contributed by atoms with Gasteiger partial charge in [0.05, 0.1) is 32.1 Å². The predicted molar refractivity (Wildman–Crippen MR) is 115 cm³/mol. The van der Waals surface area contributed by atoms with Gasteiger partial charge in [-0.3, -0.25) is 4.79 Å². The molecular weight excluding hydrogens is 390 g/mol. The highest BCUT2D eigenvalue weighted by Crippen LogP contribution is 2.29. The first-order chi connectivity index (χ1) is 14.0. The maximum Gasteiger partial charge on any atom is 0.248 e. The molecule has 0 saturated carbocycles. The van der Waals surface area contributed by atoms with E-state index >= 15 is 0 Å². The van der Waals surface area contributed by atoms with Gasteiger partial charge >= 0.3 is 0 Å². The molecule has 0 fully saturated rings. The van der Waals surface area contributed by atoms with Crippen LogP contribution in [0.15, 0.2) is 54.6 Å². The molecule has 29 heavy (non-hydrogen) atoms. The molecule has 150 valence electrons. The summed E-state index contributed by atoms with van der Waals surface area (Å²) in [5.74, 6) is 0.847. The summed E-state index contributed by atoms with van der Waals surface area (Å²) >= 11 is 6.49. The molecule has 3 rings (SSSR count). The average Bonchev–Trinajstić information content (AvgIpc) is 3.00. The number of aryl methyl sites for hydroxylation is 1. The lowest BCUT2D eigenvalue weighted by atomic mass is 10.2. The Kier molecular flexibility index (Phi) is 6.57. The van der Waals surface area contributed by atoms with Crippen LogP contribution < -0.4 is 14.8 Å². The van der Waals surface area contributed by atoms with Crippen LogP contribution in [0.3, 0.4) is 0 Å². The number of benzene rings is 2. The maximum atomic E-state index is 12.4. The van der Waals surface area contributed by atoms with Gasteiger partial charge in [0.1, 0.15) is 16.7 Å². The molecule has 0 aliphatic heterocycles. The van der Waals surface area contributed by atoms with E-state index in [1.807, 2.05) is 37.3 Å². The number of halogens is 1. The van der Waals surface area contributed by atoms with Crippen LogP contribution in [0.4, 0.5) is 5.69 Å². The fourth-order valence-electron chi connectivity index (χ4n) is 2.85. The van der Waals surface area contributed by atoms with Gasteiger partial charge in [0.25, 0.3) is 0 Å². The maximum absolute atomic E-state index is 12.4. The fourth-order valence-corrected chi connectivity index (χ4v) is 3.15. The molecule has 3 aromatic rings. The molecule has 0 saturated heterocycles. The van der Waals surface area contributed by atoms with Crippen molar-refractivity contribution in [3.05, 3.63) is 76.6 Å². The van der Waals surface area contributed by atoms with Crippen molar-refractivity contribution < 1.29 is 14.3 Å². The SMILES string of the molecule is COc1ccc(NC(=O)/C=C/c2c(C)nn(Cc3ccccc3)c2Cl)c(OC)c1. The van der Waals surface area contributed by atoms with Gasteiger partial charge in [-0.25, -0.2) is 4.68 Å². The number of rotatable bonds is 7. The highest BCUT2D eigenvalue weighted by Gasteiger charge is 2.12. The predicted octanol–water partition coefficient (Wildman–Crippen LogP) is 4.56. The monoisotopic (exact) mass is 411 g/mol. The number of hydrogen-bond donors (Lipinski definition) is 1. The smallest absolute Gasteiger partial charge is 0.248 e. The van der Waals surface area contributed by atoms with E-state index in [0.717, 1.165) is 11.3 Å². The first-order valence-electron chi connectivity index (χ1n) is 8.99. The molecule has 0 unspecified atom stereocenters. The summed E-state index contributed by atoms with van der Waals surface area (Å²) in [5, 5.41) is 7.76. The Labute approximate surface area is 174 Å². The van der Waals surface area contributed by atoms with E-state index in [9.17, 15) is 4.79 Å². The summed E-state index contributed by atoms with van der Waals surface area (Å²) in [5.41, 5.74) is 3.10. The molecule has 0 radical (unpaired) electrons. The molecule has 0 spiro atoms. The minimum Gasteiger partial charge on any atom is -0.497 e. The third kappa shape index (κ3) is 4.97. The molecule has 6 nitrogen and oxygen atoms in total. The van der Waals surface area contributed by atoms with Crippen molar-refractivity contribution >= 4 is 29.3 Å². The van der Waals surface area contributed by atoms with Crippen molar-refractivity contribution in [1.29, 1.82) is 0 Å². The lowest BCUT2D eigenvalue weighted by Gasteiger charge is -2.10. The Hall–Kier alpha value is -3.25.